The minimum Gasteiger partial charge on any atom is -0.391 e. The lowest BCUT2D eigenvalue weighted by Gasteiger charge is -2.28. The van der Waals surface area contributed by atoms with Crippen molar-refractivity contribution in [2.75, 3.05) is 13.1 Å². The molecule has 4 amide bonds. The molecule has 2 aromatic carbocycles. The molecule has 1 aliphatic rings. The first-order valence-electron chi connectivity index (χ1n) is 9.19. The van der Waals surface area contributed by atoms with Crippen LogP contribution in [0.25, 0.3) is 0 Å². The molecule has 7 nitrogen and oxygen atoms in total. The molecule has 28 heavy (non-hydrogen) atoms. The molecule has 1 heterocycles. The van der Waals surface area contributed by atoms with Crippen LogP contribution in [0.4, 0.5) is 4.79 Å². The smallest absolute Gasteiger partial charge is 0.326 e. The molecule has 2 aromatic rings. The molecule has 0 unspecified atom stereocenters. The van der Waals surface area contributed by atoms with Gasteiger partial charge in [-0.3, -0.25) is 14.5 Å². The van der Waals surface area contributed by atoms with Gasteiger partial charge in [0.05, 0.1) is 6.10 Å². The Morgan fingerprint density at radius 3 is 2.11 bits per heavy atom. The number of carbonyl (C=O) groups is 3. The number of imide groups is 1. The van der Waals surface area contributed by atoms with Crippen molar-refractivity contribution in [3.05, 3.63) is 71.8 Å². The van der Waals surface area contributed by atoms with E-state index in [0.717, 1.165) is 4.90 Å². The van der Waals surface area contributed by atoms with Gasteiger partial charge in [-0.2, -0.15) is 0 Å². The summed E-state index contributed by atoms with van der Waals surface area (Å²) in [6.07, 6.45) is -0.172. The van der Waals surface area contributed by atoms with E-state index >= 15 is 0 Å². The second-order valence-electron chi connectivity index (χ2n) is 6.67. The molecule has 1 atom stereocenters. The average Bonchev–Trinajstić information content (AvgIpc) is 2.99. The lowest BCUT2D eigenvalue weighted by atomic mass is 9.82. The zero-order valence-electron chi connectivity index (χ0n) is 15.6. The molecule has 3 rings (SSSR count). The Kier molecular flexibility index (Phi) is 5.75. The minimum absolute atomic E-state index is 0.0709. The Hall–Kier alpha value is -3.19. The highest BCUT2D eigenvalue weighted by atomic mass is 16.3. The Morgan fingerprint density at radius 2 is 1.61 bits per heavy atom. The fourth-order valence-electron chi connectivity index (χ4n) is 3.23. The first-order chi connectivity index (χ1) is 13.5. The summed E-state index contributed by atoms with van der Waals surface area (Å²) in [6.45, 7) is 1.45. The summed E-state index contributed by atoms with van der Waals surface area (Å²) >= 11 is 0. The molecule has 1 saturated heterocycles. The van der Waals surface area contributed by atoms with Gasteiger partial charge in [-0.15, -0.1) is 0 Å². The number of hydrogen-bond acceptors (Lipinski definition) is 4. The Labute approximate surface area is 163 Å². The molecular weight excluding hydrogens is 358 g/mol. The zero-order chi connectivity index (χ0) is 20.1. The van der Waals surface area contributed by atoms with Gasteiger partial charge in [0.25, 0.3) is 5.91 Å². The van der Waals surface area contributed by atoms with Crippen LogP contribution in [0.3, 0.4) is 0 Å². The topological polar surface area (TPSA) is 98.7 Å². The quantitative estimate of drug-likeness (QED) is 0.631. The largest absolute Gasteiger partial charge is 0.391 e. The standard InChI is InChI=1S/C21H23N3O4/c1-2-17(25)13-22-18(26)14-24-19(27)21(23-20(24)28,15-9-5-3-6-10-15)16-11-7-4-8-12-16/h3-12,17,25H,2,13-14H2,1H3,(H,22,26)(H,23,28)/t17-/m0/s1. The number of nitrogens with zero attached hydrogens (tertiary/aromatic N) is 1. The predicted octanol–water partition coefficient (Wildman–Crippen LogP) is 1.37. The van der Waals surface area contributed by atoms with Gasteiger partial charge in [-0.1, -0.05) is 67.6 Å². The summed E-state index contributed by atoms with van der Waals surface area (Å²) < 4.78 is 0. The SMILES string of the molecule is CC[C@H](O)CNC(=O)CN1C(=O)NC(c2ccccc2)(c2ccccc2)C1=O. The van der Waals surface area contributed by atoms with Gasteiger partial charge in [0.1, 0.15) is 6.54 Å². The maximum atomic E-state index is 13.4. The summed E-state index contributed by atoms with van der Waals surface area (Å²) in [4.78, 5) is 39.1. The number of aliphatic hydroxyl groups excluding tert-OH is 1. The van der Waals surface area contributed by atoms with Gasteiger partial charge < -0.3 is 15.7 Å². The Balaban J connectivity index is 1.90. The van der Waals surface area contributed by atoms with Crippen LogP contribution < -0.4 is 10.6 Å². The first kappa shape index (κ1) is 19.6. The third-order valence-electron chi connectivity index (χ3n) is 4.83. The van der Waals surface area contributed by atoms with Crippen LogP contribution in [-0.4, -0.2) is 47.0 Å². The van der Waals surface area contributed by atoms with Crippen LogP contribution in [0.5, 0.6) is 0 Å². The summed E-state index contributed by atoms with van der Waals surface area (Å²) in [5.41, 5.74) is -0.157. The highest BCUT2D eigenvalue weighted by Gasteiger charge is 2.53. The van der Waals surface area contributed by atoms with Crippen molar-refractivity contribution in [2.24, 2.45) is 0 Å². The van der Waals surface area contributed by atoms with Crippen LogP contribution >= 0.6 is 0 Å². The fourth-order valence-corrected chi connectivity index (χ4v) is 3.23. The zero-order valence-corrected chi connectivity index (χ0v) is 15.6. The van der Waals surface area contributed by atoms with Gasteiger partial charge in [0, 0.05) is 6.54 Å². The molecule has 0 radical (unpaired) electrons. The van der Waals surface area contributed by atoms with Crippen molar-refractivity contribution in [1.29, 1.82) is 0 Å². The van der Waals surface area contributed by atoms with Gasteiger partial charge in [0.2, 0.25) is 5.91 Å². The number of nitrogens with one attached hydrogen (secondary N) is 2. The molecule has 0 spiro atoms. The van der Waals surface area contributed by atoms with E-state index in [1.807, 2.05) is 12.1 Å². The summed E-state index contributed by atoms with van der Waals surface area (Å²) in [5, 5.41) is 14.9. The molecule has 1 aliphatic heterocycles. The van der Waals surface area contributed by atoms with Crippen LogP contribution in [0.15, 0.2) is 60.7 Å². The van der Waals surface area contributed by atoms with Crippen molar-refractivity contribution in [1.82, 2.24) is 15.5 Å². The number of rotatable bonds is 7. The number of urea groups is 1. The molecule has 1 fully saturated rings. The Bertz CT molecular complexity index is 815. The van der Waals surface area contributed by atoms with E-state index in [1.165, 1.54) is 0 Å². The normalized spacial score (nSPS) is 16.6. The first-order valence-corrected chi connectivity index (χ1v) is 9.19. The highest BCUT2D eigenvalue weighted by Crippen LogP contribution is 2.35. The Morgan fingerprint density at radius 1 is 1.07 bits per heavy atom. The third kappa shape index (κ3) is 3.61. The monoisotopic (exact) mass is 381 g/mol. The molecular formula is C21H23N3O4. The number of carbonyl (C=O) groups excluding carboxylic acids is 3. The van der Waals surface area contributed by atoms with Crippen molar-refractivity contribution in [3.8, 4) is 0 Å². The third-order valence-corrected chi connectivity index (χ3v) is 4.83. The molecule has 7 heteroatoms. The van der Waals surface area contributed by atoms with Crippen molar-refractivity contribution in [2.45, 2.75) is 25.0 Å². The predicted molar refractivity (Wildman–Crippen MR) is 103 cm³/mol. The second-order valence-corrected chi connectivity index (χ2v) is 6.67. The fraction of sp³-hybridized carbons (Fsp3) is 0.286. The van der Waals surface area contributed by atoms with Crippen molar-refractivity contribution in [3.63, 3.8) is 0 Å². The second kappa shape index (κ2) is 8.22. The molecule has 3 N–H and O–H groups in total. The maximum absolute atomic E-state index is 13.4. The number of amides is 4. The average molecular weight is 381 g/mol. The molecule has 0 bridgehead atoms. The molecule has 0 aromatic heterocycles. The molecule has 0 aliphatic carbocycles. The lowest BCUT2D eigenvalue weighted by Crippen LogP contribution is -2.46. The van der Waals surface area contributed by atoms with Gasteiger partial charge in [-0.25, -0.2) is 4.79 Å². The van der Waals surface area contributed by atoms with E-state index in [1.54, 1.807) is 55.5 Å². The van der Waals surface area contributed by atoms with E-state index in [-0.39, 0.29) is 6.54 Å². The van der Waals surface area contributed by atoms with Crippen LogP contribution in [0.1, 0.15) is 24.5 Å². The number of benzene rings is 2. The van der Waals surface area contributed by atoms with E-state index in [2.05, 4.69) is 10.6 Å². The van der Waals surface area contributed by atoms with Crippen LogP contribution in [0.2, 0.25) is 0 Å². The van der Waals surface area contributed by atoms with Gasteiger partial charge in [-0.05, 0) is 17.5 Å². The summed E-state index contributed by atoms with van der Waals surface area (Å²) in [7, 11) is 0. The van der Waals surface area contributed by atoms with Crippen LogP contribution in [-0.2, 0) is 15.1 Å². The number of hydrogen-bond donors (Lipinski definition) is 3. The van der Waals surface area contributed by atoms with E-state index in [9.17, 15) is 19.5 Å². The van der Waals surface area contributed by atoms with E-state index in [4.69, 9.17) is 0 Å². The van der Waals surface area contributed by atoms with Crippen molar-refractivity contribution >= 4 is 17.8 Å². The van der Waals surface area contributed by atoms with Gasteiger partial charge >= 0.3 is 6.03 Å². The summed E-state index contributed by atoms with van der Waals surface area (Å²) in [6, 6.07) is 17.3. The van der Waals surface area contributed by atoms with E-state index in [0.29, 0.717) is 17.5 Å². The minimum atomic E-state index is -1.39. The number of aliphatic hydroxyl groups is 1. The van der Waals surface area contributed by atoms with Crippen molar-refractivity contribution < 1.29 is 19.5 Å². The van der Waals surface area contributed by atoms with Crippen LogP contribution in [0, 0.1) is 0 Å². The molecule has 0 saturated carbocycles. The molecule has 146 valence electrons. The summed E-state index contributed by atoms with van der Waals surface area (Å²) in [5.74, 6) is -1.02. The maximum Gasteiger partial charge on any atom is 0.326 e. The lowest BCUT2D eigenvalue weighted by molar-refractivity contribution is -0.134. The van der Waals surface area contributed by atoms with Gasteiger partial charge in [0.15, 0.2) is 5.54 Å². The highest BCUT2D eigenvalue weighted by molar-refractivity contribution is 6.11. The van der Waals surface area contributed by atoms with E-state index < -0.39 is 36.0 Å².